The van der Waals surface area contributed by atoms with Crippen LogP contribution in [0.25, 0.3) is 6.08 Å². The molecule has 0 aliphatic carbocycles. The fraction of sp³-hybridized carbons (Fsp3) is 0.158. The van der Waals surface area contributed by atoms with Crippen molar-refractivity contribution >= 4 is 17.7 Å². The maximum absolute atomic E-state index is 12.5. The molecule has 0 atom stereocenters. The van der Waals surface area contributed by atoms with Crippen molar-refractivity contribution in [1.82, 2.24) is 4.68 Å². The smallest absolute Gasteiger partial charge is 0.280 e. The maximum atomic E-state index is 12.5. The monoisotopic (exact) mass is 364 g/mol. The second kappa shape index (κ2) is 8.37. The normalized spacial score (nSPS) is 10.6. The number of aromatic nitrogens is 1. The zero-order valence-corrected chi connectivity index (χ0v) is 14.7. The third-order valence-corrected chi connectivity index (χ3v) is 3.66. The Morgan fingerprint density at radius 1 is 1.37 bits per heavy atom. The number of carbonyl (C=O) groups excluding carboxylic acids is 1. The molecule has 0 aliphatic rings. The first-order chi connectivity index (χ1) is 12.9. The molecule has 8 nitrogen and oxygen atoms in total. The van der Waals surface area contributed by atoms with Crippen molar-refractivity contribution in [3.05, 3.63) is 63.0 Å². The lowest BCUT2D eigenvalue weighted by Crippen LogP contribution is -2.25. The summed E-state index contributed by atoms with van der Waals surface area (Å²) < 4.78 is 6.88. The summed E-state index contributed by atoms with van der Waals surface area (Å²) in [6.07, 6.45) is 6.39. The van der Waals surface area contributed by atoms with E-state index in [1.807, 2.05) is 12.1 Å². The van der Waals surface area contributed by atoms with Gasteiger partial charge in [0, 0.05) is 29.1 Å². The number of amides is 1. The van der Waals surface area contributed by atoms with E-state index in [0.717, 1.165) is 11.4 Å². The van der Waals surface area contributed by atoms with Gasteiger partial charge in [-0.2, -0.15) is 5.26 Å². The van der Waals surface area contributed by atoms with E-state index in [-0.39, 0.29) is 29.2 Å². The van der Waals surface area contributed by atoms with Crippen LogP contribution in [0, 0.1) is 47.6 Å². The van der Waals surface area contributed by atoms with Crippen LogP contribution in [-0.4, -0.2) is 22.1 Å². The van der Waals surface area contributed by atoms with E-state index >= 15 is 0 Å². The van der Waals surface area contributed by atoms with Crippen LogP contribution >= 0.6 is 0 Å². The lowest BCUT2D eigenvalue weighted by molar-refractivity contribution is -0.384. The van der Waals surface area contributed by atoms with Gasteiger partial charge in [-0.15, -0.1) is 6.42 Å². The van der Waals surface area contributed by atoms with Crippen LogP contribution in [0.1, 0.15) is 17.0 Å². The first kappa shape index (κ1) is 19.3. The van der Waals surface area contributed by atoms with Gasteiger partial charge >= 0.3 is 0 Å². The zero-order chi connectivity index (χ0) is 20.0. The number of nitriles is 1. The summed E-state index contributed by atoms with van der Waals surface area (Å²) in [6.45, 7) is 3.54. The number of nitrogens with zero attached hydrogens (tertiary/aromatic N) is 3. The second-order valence-corrected chi connectivity index (χ2v) is 5.53. The minimum atomic E-state index is -0.658. The van der Waals surface area contributed by atoms with Gasteiger partial charge in [0.25, 0.3) is 11.6 Å². The summed E-state index contributed by atoms with van der Waals surface area (Å²) >= 11 is 0. The van der Waals surface area contributed by atoms with Crippen molar-refractivity contribution < 1.29 is 14.5 Å². The molecule has 0 bridgehead atoms. The largest absolute Gasteiger partial charge is 0.480 e. The Hall–Kier alpha value is -4.04. The Morgan fingerprint density at radius 3 is 2.59 bits per heavy atom. The molecule has 0 saturated heterocycles. The molecule has 27 heavy (non-hydrogen) atoms. The van der Waals surface area contributed by atoms with Crippen molar-refractivity contribution in [1.29, 1.82) is 5.26 Å². The summed E-state index contributed by atoms with van der Waals surface area (Å²) in [7, 11) is 0. The maximum Gasteiger partial charge on any atom is 0.280 e. The van der Waals surface area contributed by atoms with Gasteiger partial charge in [0.1, 0.15) is 24.0 Å². The summed E-state index contributed by atoms with van der Waals surface area (Å²) in [4.78, 5) is 22.9. The van der Waals surface area contributed by atoms with Gasteiger partial charge in [0.15, 0.2) is 0 Å². The molecule has 0 unspecified atom stereocenters. The summed E-state index contributed by atoms with van der Waals surface area (Å²) in [5.74, 6) is 1.86. The van der Waals surface area contributed by atoms with Crippen LogP contribution in [0.4, 0.5) is 5.69 Å². The topological polar surface area (TPSA) is 110 Å². The van der Waals surface area contributed by atoms with Gasteiger partial charge in [0.05, 0.1) is 4.92 Å². The first-order valence-electron chi connectivity index (χ1n) is 7.80. The summed E-state index contributed by atoms with van der Waals surface area (Å²) in [6, 6.07) is 9.27. The molecule has 1 amide bonds. The highest BCUT2D eigenvalue weighted by molar-refractivity contribution is 6.06. The minimum Gasteiger partial charge on any atom is -0.480 e. The lowest BCUT2D eigenvalue weighted by Gasteiger charge is -2.11. The number of rotatable bonds is 6. The van der Waals surface area contributed by atoms with Crippen molar-refractivity contribution in [2.45, 2.75) is 13.8 Å². The highest BCUT2D eigenvalue weighted by Gasteiger charge is 2.15. The SMILES string of the molecule is C#CCOc1ccc([N+](=O)[O-])cc1/C=C(/C#N)C(=O)Nn1c(C)ccc1C. The van der Waals surface area contributed by atoms with E-state index in [1.165, 1.54) is 29.0 Å². The van der Waals surface area contributed by atoms with E-state index in [2.05, 4.69) is 11.3 Å². The molecular weight excluding hydrogens is 348 g/mol. The predicted molar refractivity (Wildman–Crippen MR) is 99.3 cm³/mol. The predicted octanol–water partition coefficient (Wildman–Crippen LogP) is 2.70. The number of non-ortho nitro benzene ring substituents is 1. The number of ether oxygens (including phenoxy) is 1. The number of aryl methyl sites for hydroxylation is 2. The van der Waals surface area contributed by atoms with Gasteiger partial charge in [-0.25, -0.2) is 0 Å². The molecule has 0 fully saturated rings. The van der Waals surface area contributed by atoms with Gasteiger partial charge in [0.2, 0.25) is 0 Å². The van der Waals surface area contributed by atoms with E-state index in [1.54, 1.807) is 19.9 Å². The molecule has 1 aromatic carbocycles. The Morgan fingerprint density at radius 2 is 2.04 bits per heavy atom. The first-order valence-corrected chi connectivity index (χ1v) is 7.80. The van der Waals surface area contributed by atoms with Crippen molar-refractivity contribution in [2.75, 3.05) is 12.0 Å². The minimum absolute atomic E-state index is 0.0610. The number of nitro groups is 1. The highest BCUT2D eigenvalue weighted by atomic mass is 16.6. The molecule has 0 radical (unpaired) electrons. The standard InChI is InChI=1S/C19H16N4O4/c1-4-9-27-18-8-7-17(23(25)26)11-15(18)10-16(12-20)19(24)21-22-13(2)5-6-14(22)3/h1,5-8,10-11H,9H2,2-3H3,(H,21,24)/b16-10-. The van der Waals surface area contributed by atoms with Crippen molar-refractivity contribution in [3.8, 4) is 24.2 Å². The van der Waals surface area contributed by atoms with Gasteiger partial charge in [-0.3, -0.25) is 25.0 Å². The molecule has 1 aromatic heterocycles. The van der Waals surface area contributed by atoms with Crippen molar-refractivity contribution in [3.63, 3.8) is 0 Å². The Balaban J connectivity index is 2.42. The average Bonchev–Trinajstić information content (AvgIpc) is 2.96. The molecule has 0 spiro atoms. The average molecular weight is 364 g/mol. The van der Waals surface area contributed by atoms with E-state index in [9.17, 15) is 20.2 Å². The molecule has 1 heterocycles. The molecule has 8 heteroatoms. The Labute approximate surface area is 155 Å². The summed E-state index contributed by atoms with van der Waals surface area (Å²) in [5.41, 5.74) is 3.93. The van der Waals surface area contributed by atoms with Crippen LogP contribution in [0.3, 0.4) is 0 Å². The number of hydrogen-bond acceptors (Lipinski definition) is 5. The third kappa shape index (κ3) is 4.53. The van der Waals surface area contributed by atoms with Gasteiger partial charge in [-0.05, 0) is 38.1 Å². The number of nitro benzene ring substituents is 1. The molecular formula is C19H16N4O4. The number of nitrogens with one attached hydrogen (secondary N) is 1. The van der Waals surface area contributed by atoms with E-state index < -0.39 is 10.8 Å². The molecule has 2 rings (SSSR count). The molecule has 0 saturated carbocycles. The second-order valence-electron chi connectivity index (χ2n) is 5.53. The number of carbonyl (C=O) groups is 1. The number of hydrogen-bond donors (Lipinski definition) is 1. The Kier molecular flexibility index (Phi) is 5.98. The van der Waals surface area contributed by atoms with Gasteiger partial charge < -0.3 is 4.74 Å². The van der Waals surface area contributed by atoms with Crippen LogP contribution in [0.5, 0.6) is 5.75 Å². The zero-order valence-electron chi connectivity index (χ0n) is 14.7. The van der Waals surface area contributed by atoms with Crippen LogP contribution in [-0.2, 0) is 4.79 Å². The quantitative estimate of drug-likeness (QED) is 0.279. The highest BCUT2D eigenvalue weighted by Crippen LogP contribution is 2.26. The van der Waals surface area contributed by atoms with Crippen LogP contribution in [0.15, 0.2) is 35.9 Å². The summed E-state index contributed by atoms with van der Waals surface area (Å²) in [5, 5.41) is 20.4. The lowest BCUT2D eigenvalue weighted by atomic mass is 10.1. The van der Waals surface area contributed by atoms with E-state index in [4.69, 9.17) is 11.2 Å². The third-order valence-electron chi connectivity index (χ3n) is 3.66. The number of terminal acetylenes is 1. The van der Waals surface area contributed by atoms with Crippen LogP contribution < -0.4 is 10.2 Å². The van der Waals surface area contributed by atoms with Crippen molar-refractivity contribution in [2.24, 2.45) is 0 Å². The fourth-order valence-electron chi connectivity index (χ4n) is 2.32. The van der Waals surface area contributed by atoms with Gasteiger partial charge in [-0.1, -0.05) is 5.92 Å². The molecule has 0 aliphatic heterocycles. The van der Waals surface area contributed by atoms with E-state index in [0.29, 0.717) is 0 Å². The number of benzene rings is 1. The molecule has 2 aromatic rings. The Bertz CT molecular complexity index is 986. The molecule has 1 N–H and O–H groups in total. The fourth-order valence-corrected chi connectivity index (χ4v) is 2.32. The molecule has 136 valence electrons. The van der Waals surface area contributed by atoms with Crippen LogP contribution in [0.2, 0.25) is 0 Å².